The smallest absolute Gasteiger partial charge is 0.257 e. The van der Waals surface area contributed by atoms with Gasteiger partial charge >= 0.3 is 0 Å². The molecule has 0 bridgehead atoms. The number of phenolic OH excluding ortho intramolecular Hbond substituents is 1. The van der Waals surface area contributed by atoms with Gasteiger partial charge < -0.3 is 14.9 Å². The van der Waals surface area contributed by atoms with Crippen molar-refractivity contribution >= 4 is 23.4 Å². The summed E-state index contributed by atoms with van der Waals surface area (Å²) in [5, 5.41) is 10.5. The van der Waals surface area contributed by atoms with Gasteiger partial charge in [-0.2, -0.15) is 0 Å². The zero-order valence-corrected chi connectivity index (χ0v) is 16.2. The zero-order chi connectivity index (χ0) is 19.0. The average Bonchev–Trinajstić information content (AvgIpc) is 3.19. The molecule has 7 heteroatoms. The molecule has 4 rings (SSSR count). The topological polar surface area (TPSA) is 64.1 Å². The Kier molecular flexibility index (Phi) is 5.03. The first kappa shape index (κ1) is 18.6. The summed E-state index contributed by atoms with van der Waals surface area (Å²) in [6.45, 7) is 4.40. The second-order valence-corrected chi connectivity index (χ2v) is 8.41. The molecule has 3 aliphatic rings. The molecule has 3 saturated heterocycles. The number of carbonyl (C=O) groups excluding carboxylic acids is 2. The largest absolute Gasteiger partial charge is 0.507 e. The highest BCUT2D eigenvalue weighted by molar-refractivity contribution is 6.30. The van der Waals surface area contributed by atoms with Crippen molar-refractivity contribution in [1.82, 2.24) is 14.7 Å². The van der Waals surface area contributed by atoms with Crippen molar-refractivity contribution in [2.45, 2.75) is 37.6 Å². The predicted octanol–water partition coefficient (Wildman–Crippen LogP) is 2.35. The average molecular weight is 392 g/mol. The molecular formula is C20H26ClN3O3. The summed E-state index contributed by atoms with van der Waals surface area (Å²) in [6.07, 6.45) is 5.13. The van der Waals surface area contributed by atoms with Crippen LogP contribution in [0, 0.1) is 0 Å². The first-order valence-corrected chi connectivity index (χ1v) is 10.2. The number of aromatic hydroxyl groups is 1. The third-order valence-electron chi connectivity index (χ3n) is 6.34. The van der Waals surface area contributed by atoms with E-state index in [9.17, 15) is 14.7 Å². The minimum Gasteiger partial charge on any atom is -0.507 e. The number of hydrogen-bond donors (Lipinski definition) is 1. The standard InChI is InChI=1S/C20H26ClN3O3/c21-15-4-5-16(17(25)12-15)19(27)23-10-3-6-20(14-23)7-11-24(20)13-18(26)22-8-1-2-9-22/h4-5,12,25H,1-3,6-11,13-14H2. The Morgan fingerprint density at radius 2 is 1.78 bits per heavy atom. The highest BCUT2D eigenvalue weighted by Crippen LogP contribution is 2.39. The van der Waals surface area contributed by atoms with Crippen LogP contribution in [-0.2, 0) is 4.79 Å². The minimum absolute atomic E-state index is 0.0817. The fourth-order valence-electron chi connectivity index (χ4n) is 4.67. The van der Waals surface area contributed by atoms with Crippen molar-refractivity contribution in [2.24, 2.45) is 0 Å². The Morgan fingerprint density at radius 1 is 1.04 bits per heavy atom. The number of hydrogen-bond acceptors (Lipinski definition) is 4. The number of piperidine rings is 1. The van der Waals surface area contributed by atoms with Gasteiger partial charge in [0.05, 0.1) is 12.1 Å². The lowest BCUT2D eigenvalue weighted by Crippen LogP contribution is -2.68. The molecule has 146 valence electrons. The number of likely N-dealkylation sites (tertiary alicyclic amines) is 3. The maximum absolute atomic E-state index is 12.9. The fraction of sp³-hybridized carbons (Fsp3) is 0.600. The van der Waals surface area contributed by atoms with E-state index in [-0.39, 0.29) is 28.7 Å². The first-order valence-electron chi connectivity index (χ1n) is 9.79. The highest BCUT2D eigenvalue weighted by atomic mass is 35.5. The van der Waals surface area contributed by atoms with E-state index in [1.165, 1.54) is 6.07 Å². The van der Waals surface area contributed by atoms with E-state index in [0.29, 0.717) is 24.7 Å². The molecule has 0 aliphatic carbocycles. The molecule has 0 aromatic heterocycles. The van der Waals surface area contributed by atoms with E-state index in [1.54, 1.807) is 12.1 Å². The van der Waals surface area contributed by atoms with Crippen LogP contribution in [0.25, 0.3) is 0 Å². The molecule has 0 radical (unpaired) electrons. The van der Waals surface area contributed by atoms with Gasteiger partial charge in [0.25, 0.3) is 5.91 Å². The molecule has 3 aliphatic heterocycles. The number of carbonyl (C=O) groups is 2. The Morgan fingerprint density at radius 3 is 2.44 bits per heavy atom. The number of benzene rings is 1. The minimum atomic E-state index is -0.166. The van der Waals surface area contributed by atoms with Crippen molar-refractivity contribution in [3.8, 4) is 5.75 Å². The number of phenols is 1. The first-order chi connectivity index (χ1) is 13.0. The lowest BCUT2D eigenvalue weighted by atomic mass is 9.77. The molecule has 1 aromatic carbocycles. The Hall–Kier alpha value is -1.79. The SMILES string of the molecule is O=C(CN1CCC12CCCN(C(=O)c1ccc(Cl)cc1O)C2)N1CCCC1. The van der Waals surface area contributed by atoms with Crippen LogP contribution in [0.2, 0.25) is 5.02 Å². The Bertz CT molecular complexity index is 750. The van der Waals surface area contributed by atoms with Crippen LogP contribution < -0.4 is 0 Å². The summed E-state index contributed by atoms with van der Waals surface area (Å²) in [6, 6.07) is 4.61. The maximum atomic E-state index is 12.9. The molecule has 1 unspecified atom stereocenters. The Labute approximate surface area is 164 Å². The third kappa shape index (κ3) is 3.52. The van der Waals surface area contributed by atoms with Gasteiger partial charge in [0, 0.05) is 43.3 Å². The van der Waals surface area contributed by atoms with Gasteiger partial charge in [0.2, 0.25) is 5.91 Å². The molecule has 3 heterocycles. The third-order valence-corrected chi connectivity index (χ3v) is 6.57. The summed E-state index contributed by atoms with van der Waals surface area (Å²) in [4.78, 5) is 31.5. The Balaban J connectivity index is 1.44. The van der Waals surface area contributed by atoms with Crippen molar-refractivity contribution in [3.63, 3.8) is 0 Å². The van der Waals surface area contributed by atoms with Crippen LogP contribution in [0.3, 0.4) is 0 Å². The van der Waals surface area contributed by atoms with Crippen LogP contribution in [0.5, 0.6) is 5.75 Å². The normalized spacial score (nSPS) is 25.7. The fourth-order valence-corrected chi connectivity index (χ4v) is 4.83. The van der Waals surface area contributed by atoms with Crippen LogP contribution >= 0.6 is 11.6 Å². The number of halogens is 1. The molecule has 27 heavy (non-hydrogen) atoms. The molecular weight excluding hydrogens is 366 g/mol. The van der Waals surface area contributed by atoms with Crippen molar-refractivity contribution in [1.29, 1.82) is 0 Å². The molecule has 6 nitrogen and oxygen atoms in total. The molecule has 0 saturated carbocycles. The molecule has 1 aromatic rings. The molecule has 3 fully saturated rings. The van der Waals surface area contributed by atoms with E-state index >= 15 is 0 Å². The number of rotatable bonds is 3. The van der Waals surface area contributed by atoms with E-state index in [2.05, 4.69) is 4.90 Å². The highest BCUT2D eigenvalue weighted by Gasteiger charge is 2.49. The molecule has 1 N–H and O–H groups in total. The summed E-state index contributed by atoms with van der Waals surface area (Å²) < 4.78 is 0. The van der Waals surface area contributed by atoms with Crippen LogP contribution in [0.4, 0.5) is 0 Å². The molecule has 1 atom stereocenters. The van der Waals surface area contributed by atoms with E-state index in [0.717, 1.165) is 51.7 Å². The molecule has 1 spiro atoms. The summed E-state index contributed by atoms with van der Waals surface area (Å²) in [7, 11) is 0. The van der Waals surface area contributed by atoms with E-state index < -0.39 is 0 Å². The van der Waals surface area contributed by atoms with Gasteiger partial charge in [0.15, 0.2) is 0 Å². The second-order valence-electron chi connectivity index (χ2n) is 7.98. The van der Waals surface area contributed by atoms with Gasteiger partial charge in [-0.05, 0) is 50.3 Å². The zero-order valence-electron chi connectivity index (χ0n) is 15.5. The van der Waals surface area contributed by atoms with Gasteiger partial charge in [0.1, 0.15) is 5.75 Å². The lowest BCUT2D eigenvalue weighted by molar-refractivity contribution is -0.138. The van der Waals surface area contributed by atoms with Gasteiger partial charge in [-0.15, -0.1) is 0 Å². The van der Waals surface area contributed by atoms with Crippen LogP contribution in [0.1, 0.15) is 42.5 Å². The second kappa shape index (κ2) is 7.32. The van der Waals surface area contributed by atoms with Gasteiger partial charge in [-0.25, -0.2) is 0 Å². The summed E-state index contributed by atoms with van der Waals surface area (Å²) in [5.41, 5.74) is 0.196. The maximum Gasteiger partial charge on any atom is 0.257 e. The monoisotopic (exact) mass is 391 g/mol. The van der Waals surface area contributed by atoms with E-state index in [4.69, 9.17) is 11.6 Å². The predicted molar refractivity (Wildman–Crippen MR) is 103 cm³/mol. The van der Waals surface area contributed by atoms with Gasteiger partial charge in [-0.3, -0.25) is 14.5 Å². The van der Waals surface area contributed by atoms with Crippen molar-refractivity contribution < 1.29 is 14.7 Å². The quantitative estimate of drug-likeness (QED) is 0.859. The number of amides is 2. The van der Waals surface area contributed by atoms with Crippen LogP contribution in [0.15, 0.2) is 18.2 Å². The summed E-state index contributed by atoms with van der Waals surface area (Å²) >= 11 is 5.88. The summed E-state index contributed by atoms with van der Waals surface area (Å²) in [5.74, 6) is -0.0341. The molecule has 2 amide bonds. The van der Waals surface area contributed by atoms with E-state index in [1.807, 2.05) is 9.80 Å². The lowest BCUT2D eigenvalue weighted by Gasteiger charge is -2.57. The van der Waals surface area contributed by atoms with Crippen molar-refractivity contribution in [2.75, 3.05) is 39.3 Å². The van der Waals surface area contributed by atoms with Gasteiger partial charge in [-0.1, -0.05) is 11.6 Å². The van der Waals surface area contributed by atoms with Crippen molar-refractivity contribution in [3.05, 3.63) is 28.8 Å². The van der Waals surface area contributed by atoms with Crippen LogP contribution in [-0.4, -0.2) is 76.4 Å². The number of nitrogens with zero attached hydrogens (tertiary/aromatic N) is 3.